The number of imide groups is 2. The topological polar surface area (TPSA) is 421 Å². The number of fused-ring (bicyclic) bond motifs is 3. The van der Waals surface area contributed by atoms with Crippen LogP contribution in [0, 0.1) is 11.8 Å². The lowest BCUT2D eigenvalue weighted by atomic mass is 9.81. The van der Waals surface area contributed by atoms with Gasteiger partial charge in [-0.3, -0.25) is 69.8 Å². The number of phenolic OH excluding ortho intramolecular Hbond substituents is 1. The molecule has 8 heterocycles. The van der Waals surface area contributed by atoms with Gasteiger partial charge in [0.1, 0.15) is 29.9 Å². The maximum Gasteiger partial charge on any atom is 0.343 e. The number of phenols is 1. The maximum atomic E-state index is 13.5. The summed E-state index contributed by atoms with van der Waals surface area (Å²) in [6, 6.07) is 9.77. The van der Waals surface area contributed by atoms with Crippen LogP contribution in [0.25, 0.3) is 10.8 Å². The number of aryl methyl sites for hydroxylation is 1. The summed E-state index contributed by atoms with van der Waals surface area (Å²) in [5.41, 5.74) is 24.0. The van der Waals surface area contributed by atoms with Crippen molar-refractivity contribution in [3.63, 3.8) is 0 Å². The molecular weight excluding hydrogens is 1020 g/mol. The Hall–Kier alpha value is -8.14. The van der Waals surface area contributed by atoms with Crippen LogP contribution >= 0.6 is 0 Å². The summed E-state index contributed by atoms with van der Waals surface area (Å²) in [5.74, 6) is -8.42. The molecule has 79 heavy (non-hydrogen) atoms. The van der Waals surface area contributed by atoms with Crippen molar-refractivity contribution >= 4 is 70.1 Å². The molecule has 6 amide bonds. The van der Waals surface area contributed by atoms with Crippen molar-refractivity contribution in [1.29, 1.82) is 0 Å². The number of aliphatic hydroxyl groups is 4. The molecule has 2 spiro atoms. The molecule has 8 aliphatic heterocycles. The number of aromatic hydroxyl groups is 1. The van der Waals surface area contributed by atoms with Gasteiger partial charge in [0.05, 0.1) is 43.6 Å². The van der Waals surface area contributed by atoms with Crippen LogP contribution < -0.4 is 54.2 Å². The number of guanidine groups is 4. The van der Waals surface area contributed by atoms with E-state index in [1.54, 1.807) is 36.4 Å². The third-order valence-corrected chi connectivity index (χ3v) is 18.0. The van der Waals surface area contributed by atoms with Crippen molar-refractivity contribution in [3.8, 4) is 5.75 Å². The normalized spacial score (nSPS) is 32.5. The third-order valence-electron chi connectivity index (χ3n) is 18.0. The molecule has 4 unspecified atom stereocenters. The molecule has 10 aliphatic rings. The van der Waals surface area contributed by atoms with Crippen LogP contribution in [0.5, 0.6) is 5.75 Å². The Kier molecular flexibility index (Phi) is 12.1. The van der Waals surface area contributed by atoms with Gasteiger partial charge in [0.25, 0.3) is 23.1 Å². The fraction of sp³-hybridized carbons (Fsp3) is 0.500. The molecule has 0 bridgehead atoms. The Morgan fingerprint density at radius 2 is 1.15 bits per heavy atom. The third kappa shape index (κ3) is 7.67. The molecule has 13 rings (SSSR count). The van der Waals surface area contributed by atoms with E-state index in [9.17, 15) is 54.3 Å². The number of amides is 6. The predicted molar refractivity (Wildman–Crippen MR) is 278 cm³/mol. The highest BCUT2D eigenvalue weighted by Crippen LogP contribution is 2.45. The van der Waals surface area contributed by atoms with Gasteiger partial charge in [0, 0.05) is 23.8 Å². The van der Waals surface area contributed by atoms with E-state index in [2.05, 4.69) is 41.2 Å². The Labute approximate surface area is 450 Å². The first kappa shape index (κ1) is 51.6. The van der Waals surface area contributed by atoms with Crippen LogP contribution in [-0.4, -0.2) is 190 Å². The Balaban J connectivity index is 0.000000158. The lowest BCUT2D eigenvalue weighted by molar-refractivity contribution is -0.522. The fourth-order valence-electron chi connectivity index (χ4n) is 14.2. The highest BCUT2D eigenvalue weighted by atomic mass is 16.5. The van der Waals surface area contributed by atoms with Gasteiger partial charge < -0.3 is 47.6 Å². The summed E-state index contributed by atoms with van der Waals surface area (Å²) < 4.78 is 0. The highest BCUT2D eigenvalue weighted by Gasteiger charge is 2.78. The van der Waals surface area contributed by atoms with Gasteiger partial charge in [-0.05, 0) is 67.2 Å². The molecule has 0 aromatic heterocycles. The quantitative estimate of drug-likeness (QED) is 0.0736. The van der Waals surface area contributed by atoms with Crippen LogP contribution in [-0.2, 0) is 32.0 Å². The monoisotopic (exact) mass is 1090 g/mol. The molecule has 5 fully saturated rings. The summed E-state index contributed by atoms with van der Waals surface area (Å²) >= 11 is 0. The molecule has 0 radical (unpaired) electrons. The summed E-state index contributed by atoms with van der Waals surface area (Å²) in [7, 11) is 0. The zero-order valence-electron chi connectivity index (χ0n) is 42.9. The van der Waals surface area contributed by atoms with E-state index in [1.165, 1.54) is 20.8 Å². The van der Waals surface area contributed by atoms with E-state index in [0.29, 0.717) is 23.8 Å². The van der Waals surface area contributed by atoms with Crippen LogP contribution in [0.2, 0.25) is 0 Å². The lowest BCUT2D eigenvalue weighted by Gasteiger charge is -2.46. The molecule has 10 atom stereocenters. The summed E-state index contributed by atoms with van der Waals surface area (Å²) in [4.78, 5) is 98.0. The van der Waals surface area contributed by atoms with Crippen molar-refractivity contribution in [2.45, 2.75) is 123 Å². The van der Waals surface area contributed by atoms with Gasteiger partial charge in [-0.25, -0.2) is 20.6 Å². The lowest BCUT2D eigenvalue weighted by Crippen LogP contribution is -2.90. The minimum absolute atomic E-state index is 0.000556. The van der Waals surface area contributed by atoms with Crippen molar-refractivity contribution in [2.75, 3.05) is 26.2 Å². The molecule has 3 aromatic carbocycles. The van der Waals surface area contributed by atoms with E-state index >= 15 is 0 Å². The molecule has 2 aliphatic carbocycles. The number of carbonyl (C=O) groups is 6. The number of benzene rings is 3. The highest BCUT2D eigenvalue weighted by molar-refractivity contribution is 6.06. The van der Waals surface area contributed by atoms with Gasteiger partial charge in [-0.2, -0.15) is 0 Å². The molecule has 27 nitrogen and oxygen atoms in total. The number of carbonyl (C=O) groups excluding carboxylic acids is 6. The number of nitrogens with one attached hydrogen (secondary N) is 6. The Morgan fingerprint density at radius 1 is 0.633 bits per heavy atom. The second kappa shape index (κ2) is 18.5. The summed E-state index contributed by atoms with van der Waals surface area (Å²) in [6.45, 7) is -0.440. The van der Waals surface area contributed by atoms with E-state index < -0.39 is 71.0 Å². The number of nitrogens with zero attached hydrogens (tertiary/aromatic N) is 6. The van der Waals surface area contributed by atoms with Crippen molar-refractivity contribution in [1.82, 2.24) is 40.9 Å². The van der Waals surface area contributed by atoms with Gasteiger partial charge in [-0.1, -0.05) is 55.3 Å². The SMILES string of the molecule is NC1=N[C@@H](CN2C(=O)C3CCCCC3C2=O)[C@@H]2[NH+]=C(N)N[C@]23N1CC(NC(=O)c1cccc2c1CCCC2)C3(O)O.NC1=N[C@@H](CN2C(=O)CCC2=O)[C@@H]2[NH+]=C(N)N[C@]23N1CC(NC(=O)c1ccc2ccccc2c1O)C3(O)O. The molecule has 27 heteroatoms. The van der Waals surface area contributed by atoms with Crippen LogP contribution in [0.1, 0.15) is 83.2 Å². The largest absolute Gasteiger partial charge is 0.506 e. The maximum absolute atomic E-state index is 13.5. The minimum atomic E-state index is -2.67. The van der Waals surface area contributed by atoms with Crippen molar-refractivity contribution in [3.05, 3.63) is 76.9 Å². The number of aliphatic imine (C=N–C) groups is 2. The first-order chi connectivity index (χ1) is 37.7. The van der Waals surface area contributed by atoms with Gasteiger partial charge in [0.2, 0.25) is 35.2 Å². The average Bonchev–Trinajstić information content (AvgIpc) is 3.49. The van der Waals surface area contributed by atoms with Gasteiger partial charge >= 0.3 is 11.9 Å². The molecular formula is C52H64N16O11+2. The van der Waals surface area contributed by atoms with E-state index in [0.717, 1.165) is 59.9 Å². The summed E-state index contributed by atoms with van der Waals surface area (Å²) in [6.07, 6.45) is 7.14. The zero-order chi connectivity index (χ0) is 55.7. The van der Waals surface area contributed by atoms with Crippen LogP contribution in [0.15, 0.2) is 64.6 Å². The van der Waals surface area contributed by atoms with Crippen LogP contribution in [0.4, 0.5) is 0 Å². The fourth-order valence-corrected chi connectivity index (χ4v) is 14.2. The predicted octanol–water partition coefficient (Wildman–Crippen LogP) is -7.85. The Bertz CT molecular complexity index is 3230. The minimum Gasteiger partial charge on any atom is -0.506 e. The first-order valence-corrected chi connectivity index (χ1v) is 26.7. The molecule has 3 aromatic rings. The van der Waals surface area contributed by atoms with E-state index in [1.807, 2.05) is 12.1 Å². The number of hydrogen-bond acceptors (Lipinski definition) is 21. The van der Waals surface area contributed by atoms with Gasteiger partial charge in [-0.15, -0.1) is 0 Å². The van der Waals surface area contributed by atoms with Crippen molar-refractivity contribution < 1.29 is 64.3 Å². The van der Waals surface area contributed by atoms with Crippen LogP contribution in [0.3, 0.4) is 0 Å². The second-order valence-electron chi connectivity index (χ2n) is 22.2. The first-order valence-electron chi connectivity index (χ1n) is 26.7. The van der Waals surface area contributed by atoms with E-state index in [-0.39, 0.29) is 110 Å². The number of rotatable bonds is 8. The number of nitrogens with two attached hydrogens (primary N) is 4. The standard InChI is InChI=1S/C28H36N8O5.C24H26N8O6/c29-25-33-21-19(12-35-23(38)17-9-3-4-10-18(17)24(35)39)31-26(30)36-13-20(28(40,41)27(21,36)34-25)32-22(37)16-11-5-7-14-6-1-2-8-15(14)16;25-21-29-19-14(9-31-16(33)7-8-17(31)34)27-22(26)32-10-15(24(37,38)23(19,32)30-21)28-20(36)13-6-5-11-3-1-2-4-12(11)18(13)35/h5,7,11,17-21,40-41H,1-4,6,8-10,12-13H2,(H2,30,31)(H,32,37)(H3,29,33,34);1-6,14-15,19,35,37-38H,7-10H2,(H2,26,27)(H,28,36)(H3,25,29,30)/p+2/t17?,18?,19-,20?,21-,27-;14-,15?,19-,23-/m00/s1. The second-order valence-corrected chi connectivity index (χ2v) is 22.2. The smallest absolute Gasteiger partial charge is 0.343 e. The molecule has 4 saturated heterocycles. The Morgan fingerprint density at radius 3 is 1.72 bits per heavy atom. The average molecular weight is 1090 g/mol. The molecule has 416 valence electrons. The van der Waals surface area contributed by atoms with E-state index in [4.69, 9.17) is 22.9 Å². The number of likely N-dealkylation sites (tertiary alicyclic amines) is 2. The van der Waals surface area contributed by atoms with Crippen molar-refractivity contribution in [2.24, 2.45) is 44.8 Å². The number of hydrogen-bond donors (Lipinski definition) is 15. The summed E-state index contributed by atoms with van der Waals surface area (Å²) in [5, 5.41) is 70.0. The molecule has 1 saturated carbocycles. The molecule has 19 N–H and O–H groups in total. The van der Waals surface area contributed by atoms with Gasteiger partial charge in [0.15, 0.2) is 24.0 Å². The zero-order valence-corrected chi connectivity index (χ0v) is 42.9.